The van der Waals surface area contributed by atoms with Crippen molar-refractivity contribution in [2.75, 3.05) is 6.61 Å². The Bertz CT molecular complexity index is 633. The lowest BCUT2D eigenvalue weighted by Crippen LogP contribution is -2.27. The zero-order valence-corrected chi connectivity index (χ0v) is 14.0. The second-order valence-electron chi connectivity index (χ2n) is 5.70. The number of amides is 1. The lowest BCUT2D eigenvalue weighted by molar-refractivity contribution is -0.123. The normalized spacial score (nSPS) is 24.8. The molecule has 2 unspecified atom stereocenters. The number of fused-ring (bicyclic) bond motifs is 2. The molecule has 1 N–H and O–H groups in total. The van der Waals surface area contributed by atoms with Crippen LogP contribution in [0, 0.1) is 11.8 Å². The van der Waals surface area contributed by atoms with Gasteiger partial charge >= 0.3 is 0 Å². The first kappa shape index (κ1) is 15.9. The summed E-state index contributed by atoms with van der Waals surface area (Å²) in [6, 6.07) is 2.97. The van der Waals surface area contributed by atoms with Gasteiger partial charge in [0.15, 0.2) is 6.61 Å². The maximum absolute atomic E-state index is 11.8. The van der Waals surface area contributed by atoms with Crippen molar-refractivity contribution in [2.45, 2.75) is 25.7 Å². The van der Waals surface area contributed by atoms with Gasteiger partial charge in [0.05, 0.1) is 15.1 Å². The summed E-state index contributed by atoms with van der Waals surface area (Å²) in [5.74, 6) is 1.30. The zero-order valence-electron chi connectivity index (χ0n) is 11.7. The van der Waals surface area contributed by atoms with Crippen LogP contribution in [0.25, 0.3) is 0 Å². The van der Waals surface area contributed by atoms with E-state index in [2.05, 4.69) is 10.5 Å². The summed E-state index contributed by atoms with van der Waals surface area (Å²) < 4.78 is 5.36. The number of hydrazone groups is 1. The van der Waals surface area contributed by atoms with Gasteiger partial charge in [0.1, 0.15) is 5.75 Å². The Kier molecular flexibility index (Phi) is 4.81. The molecule has 2 atom stereocenters. The van der Waals surface area contributed by atoms with Gasteiger partial charge in [-0.15, -0.1) is 0 Å². The molecule has 3 rings (SSSR count). The molecular weight excluding hydrogens is 347 g/mol. The molecule has 1 amide bonds. The highest BCUT2D eigenvalue weighted by molar-refractivity contribution is 6.43. The van der Waals surface area contributed by atoms with Gasteiger partial charge in [0.2, 0.25) is 0 Å². The summed E-state index contributed by atoms with van der Waals surface area (Å²) in [5, 5.41) is 5.20. The van der Waals surface area contributed by atoms with Gasteiger partial charge in [-0.05, 0) is 43.6 Å². The molecule has 1 aromatic carbocycles. The standard InChI is InChI=1S/C15H15Cl3N2O2/c16-10-5-12(18)14(6-11(10)17)22-7-15(21)20-19-13-4-8-1-2-9(13)3-8/h5-6,8-9H,1-4,7H2,(H,20,21)/b19-13-. The number of carbonyl (C=O) groups excluding carboxylic acids is 1. The van der Waals surface area contributed by atoms with E-state index in [0.717, 1.165) is 18.1 Å². The van der Waals surface area contributed by atoms with Crippen LogP contribution in [-0.4, -0.2) is 18.2 Å². The minimum Gasteiger partial charge on any atom is -0.482 e. The Hall–Kier alpha value is -0.970. The fraction of sp³-hybridized carbons (Fsp3) is 0.467. The third-order valence-corrected chi connectivity index (χ3v) is 5.19. The van der Waals surface area contributed by atoms with Crippen LogP contribution in [0.4, 0.5) is 0 Å². The minimum atomic E-state index is -0.322. The first-order valence-corrected chi connectivity index (χ1v) is 8.29. The Balaban J connectivity index is 1.52. The molecule has 1 aromatic rings. The van der Waals surface area contributed by atoms with E-state index in [1.807, 2.05) is 0 Å². The van der Waals surface area contributed by atoms with Crippen molar-refractivity contribution in [1.29, 1.82) is 0 Å². The molecular formula is C15H15Cl3N2O2. The highest BCUT2D eigenvalue weighted by Gasteiger charge is 2.36. The van der Waals surface area contributed by atoms with E-state index in [1.54, 1.807) is 0 Å². The summed E-state index contributed by atoms with van der Waals surface area (Å²) in [5.41, 5.74) is 3.66. The highest BCUT2D eigenvalue weighted by atomic mass is 35.5. The van der Waals surface area contributed by atoms with Crippen molar-refractivity contribution in [3.05, 3.63) is 27.2 Å². The molecule has 2 aliphatic rings. The van der Waals surface area contributed by atoms with Gasteiger partial charge in [-0.3, -0.25) is 4.79 Å². The molecule has 2 bridgehead atoms. The van der Waals surface area contributed by atoms with Crippen molar-refractivity contribution in [3.63, 3.8) is 0 Å². The fourth-order valence-electron chi connectivity index (χ4n) is 3.09. The lowest BCUT2D eigenvalue weighted by Gasteiger charge is -2.12. The highest BCUT2D eigenvalue weighted by Crippen LogP contribution is 2.42. The number of rotatable bonds is 4. The van der Waals surface area contributed by atoms with Gasteiger partial charge in [-0.2, -0.15) is 5.10 Å². The smallest absolute Gasteiger partial charge is 0.277 e. The van der Waals surface area contributed by atoms with Crippen molar-refractivity contribution >= 4 is 46.4 Å². The fourth-order valence-corrected chi connectivity index (χ4v) is 3.68. The van der Waals surface area contributed by atoms with E-state index >= 15 is 0 Å². The molecule has 118 valence electrons. The Morgan fingerprint density at radius 3 is 2.68 bits per heavy atom. The maximum Gasteiger partial charge on any atom is 0.277 e. The molecule has 0 aromatic heterocycles. The average molecular weight is 362 g/mol. The number of nitrogens with zero attached hydrogens (tertiary/aromatic N) is 1. The third-order valence-electron chi connectivity index (χ3n) is 4.17. The Morgan fingerprint density at radius 1 is 1.23 bits per heavy atom. The van der Waals surface area contributed by atoms with E-state index < -0.39 is 0 Å². The van der Waals surface area contributed by atoms with Gasteiger partial charge in [-0.25, -0.2) is 5.43 Å². The molecule has 2 fully saturated rings. The van der Waals surface area contributed by atoms with Crippen LogP contribution in [-0.2, 0) is 4.79 Å². The van der Waals surface area contributed by atoms with E-state index in [1.165, 1.54) is 31.4 Å². The van der Waals surface area contributed by atoms with Gasteiger partial charge in [0.25, 0.3) is 5.91 Å². The van der Waals surface area contributed by atoms with Crippen molar-refractivity contribution in [3.8, 4) is 5.75 Å². The van der Waals surface area contributed by atoms with Crippen LogP contribution in [0.15, 0.2) is 17.2 Å². The van der Waals surface area contributed by atoms with Gasteiger partial charge in [-0.1, -0.05) is 34.8 Å². The Labute approximate surface area is 143 Å². The molecule has 0 aliphatic heterocycles. The van der Waals surface area contributed by atoms with E-state index in [-0.39, 0.29) is 12.5 Å². The lowest BCUT2D eigenvalue weighted by atomic mass is 9.99. The number of halogens is 3. The average Bonchev–Trinajstić information content (AvgIpc) is 3.10. The zero-order chi connectivity index (χ0) is 15.7. The SMILES string of the molecule is O=C(COc1cc(Cl)c(Cl)cc1Cl)N/N=C1/CC2CCC1C2. The van der Waals surface area contributed by atoms with Crippen LogP contribution in [0.1, 0.15) is 25.7 Å². The van der Waals surface area contributed by atoms with Crippen LogP contribution in [0.3, 0.4) is 0 Å². The van der Waals surface area contributed by atoms with Crippen LogP contribution >= 0.6 is 34.8 Å². The summed E-state index contributed by atoms with van der Waals surface area (Å²) in [4.78, 5) is 11.8. The van der Waals surface area contributed by atoms with Crippen LogP contribution in [0.5, 0.6) is 5.75 Å². The number of hydrogen-bond donors (Lipinski definition) is 1. The summed E-state index contributed by atoms with van der Waals surface area (Å²) >= 11 is 17.7. The van der Waals surface area contributed by atoms with Crippen LogP contribution < -0.4 is 10.2 Å². The first-order valence-electron chi connectivity index (χ1n) is 7.15. The largest absolute Gasteiger partial charge is 0.482 e. The van der Waals surface area contributed by atoms with Gasteiger partial charge in [0, 0.05) is 11.8 Å². The predicted molar refractivity (Wildman–Crippen MR) is 88.0 cm³/mol. The van der Waals surface area contributed by atoms with Crippen molar-refractivity contribution in [1.82, 2.24) is 5.43 Å². The molecule has 4 nitrogen and oxygen atoms in total. The van der Waals surface area contributed by atoms with E-state index in [9.17, 15) is 4.79 Å². The molecule has 7 heteroatoms. The minimum absolute atomic E-state index is 0.178. The molecule has 2 saturated carbocycles. The molecule has 22 heavy (non-hydrogen) atoms. The third kappa shape index (κ3) is 3.50. The van der Waals surface area contributed by atoms with E-state index in [4.69, 9.17) is 39.5 Å². The quantitative estimate of drug-likeness (QED) is 0.641. The molecule has 0 spiro atoms. The summed E-state index contributed by atoms with van der Waals surface area (Å²) in [6.45, 7) is -0.178. The molecule has 2 aliphatic carbocycles. The number of ether oxygens (including phenoxy) is 1. The monoisotopic (exact) mass is 360 g/mol. The number of nitrogens with one attached hydrogen (secondary N) is 1. The number of benzene rings is 1. The second kappa shape index (κ2) is 6.65. The maximum atomic E-state index is 11.8. The predicted octanol–water partition coefficient (Wildman–Crippen LogP) is 4.32. The summed E-state index contributed by atoms with van der Waals surface area (Å²) in [6.07, 6.45) is 4.69. The van der Waals surface area contributed by atoms with Crippen molar-refractivity contribution in [2.24, 2.45) is 16.9 Å². The number of carbonyl (C=O) groups is 1. The van der Waals surface area contributed by atoms with Crippen LogP contribution in [0.2, 0.25) is 15.1 Å². The van der Waals surface area contributed by atoms with E-state index in [0.29, 0.717) is 26.7 Å². The summed E-state index contributed by atoms with van der Waals surface area (Å²) in [7, 11) is 0. The number of hydrogen-bond acceptors (Lipinski definition) is 3. The topological polar surface area (TPSA) is 50.7 Å². The van der Waals surface area contributed by atoms with Gasteiger partial charge < -0.3 is 4.74 Å². The second-order valence-corrected chi connectivity index (χ2v) is 6.93. The first-order chi connectivity index (χ1) is 10.5. The molecule has 0 radical (unpaired) electrons. The molecule has 0 saturated heterocycles. The van der Waals surface area contributed by atoms with Crippen molar-refractivity contribution < 1.29 is 9.53 Å². The Morgan fingerprint density at radius 2 is 2.00 bits per heavy atom. The molecule has 0 heterocycles.